The molecule has 1 fully saturated rings. The summed E-state index contributed by atoms with van der Waals surface area (Å²) < 4.78 is 5.75. The Labute approximate surface area is 251 Å². The number of ether oxygens (including phenoxy) is 1. The third kappa shape index (κ3) is 5.76. The van der Waals surface area contributed by atoms with E-state index in [-0.39, 0.29) is 11.8 Å². The number of anilines is 6. The summed E-state index contributed by atoms with van der Waals surface area (Å²) in [4.78, 5) is 43.5. The first-order chi connectivity index (χ1) is 20.9. The van der Waals surface area contributed by atoms with Crippen LogP contribution >= 0.6 is 0 Å². The van der Waals surface area contributed by atoms with Gasteiger partial charge in [0.25, 0.3) is 5.91 Å². The molecule has 43 heavy (non-hydrogen) atoms. The summed E-state index contributed by atoms with van der Waals surface area (Å²) in [6.07, 6.45) is 7.61. The molecule has 0 unspecified atom stereocenters. The quantitative estimate of drug-likeness (QED) is 0.384. The van der Waals surface area contributed by atoms with Crippen molar-refractivity contribution in [1.29, 1.82) is 0 Å². The van der Waals surface area contributed by atoms with E-state index >= 15 is 0 Å². The molecule has 222 valence electrons. The Hall–Kier alpha value is -4.90. The van der Waals surface area contributed by atoms with Gasteiger partial charge in [0.2, 0.25) is 11.9 Å². The Bertz CT molecular complexity index is 1580. The number of piperazine rings is 1. The van der Waals surface area contributed by atoms with E-state index in [1.165, 1.54) is 6.08 Å². The summed E-state index contributed by atoms with van der Waals surface area (Å²) >= 11 is 0. The van der Waals surface area contributed by atoms with Crippen molar-refractivity contribution in [1.82, 2.24) is 19.8 Å². The molecule has 2 amide bonds. The summed E-state index contributed by atoms with van der Waals surface area (Å²) in [5.41, 5.74) is 3.59. The van der Waals surface area contributed by atoms with E-state index in [4.69, 9.17) is 9.72 Å². The first-order valence-electron chi connectivity index (χ1n) is 14.6. The lowest BCUT2D eigenvalue weighted by Gasteiger charge is -2.39. The zero-order chi connectivity index (χ0) is 29.9. The number of likely N-dealkylation sites (N-methyl/N-ethyl adjacent to an activating group) is 1. The summed E-state index contributed by atoms with van der Waals surface area (Å²) in [6.45, 7) is 8.08. The van der Waals surface area contributed by atoms with Gasteiger partial charge in [0.1, 0.15) is 17.1 Å². The van der Waals surface area contributed by atoms with Crippen molar-refractivity contribution in [3.8, 4) is 5.75 Å². The number of methoxy groups -OCH3 is 1. The zero-order valence-corrected chi connectivity index (χ0v) is 24.5. The van der Waals surface area contributed by atoms with Crippen LogP contribution in [0.25, 0.3) is 0 Å². The van der Waals surface area contributed by atoms with Crippen LogP contribution in [-0.2, 0) is 4.79 Å². The van der Waals surface area contributed by atoms with Gasteiger partial charge in [-0.2, -0.15) is 4.98 Å². The second-order valence-corrected chi connectivity index (χ2v) is 10.8. The van der Waals surface area contributed by atoms with Gasteiger partial charge < -0.3 is 25.2 Å². The van der Waals surface area contributed by atoms with Gasteiger partial charge in [0.05, 0.1) is 18.5 Å². The largest absolute Gasteiger partial charge is 0.494 e. The topological polar surface area (TPSA) is 106 Å². The maximum atomic E-state index is 13.7. The van der Waals surface area contributed by atoms with Crippen molar-refractivity contribution < 1.29 is 14.3 Å². The van der Waals surface area contributed by atoms with Crippen LogP contribution in [0.5, 0.6) is 5.75 Å². The number of hydrogen-bond donors (Lipinski definition) is 2. The van der Waals surface area contributed by atoms with E-state index in [1.54, 1.807) is 18.2 Å². The number of fused-ring (bicyclic) bond motifs is 2. The number of nitrogens with one attached hydrogen (secondary N) is 2. The average Bonchev–Trinajstić information content (AvgIpc) is 3.28. The van der Waals surface area contributed by atoms with Crippen LogP contribution in [0.15, 0.2) is 73.2 Å². The molecule has 0 bridgehead atoms. The maximum absolute atomic E-state index is 13.7. The van der Waals surface area contributed by atoms with Crippen molar-refractivity contribution in [3.05, 3.63) is 78.8 Å². The highest BCUT2D eigenvalue weighted by molar-refractivity contribution is 6.04. The van der Waals surface area contributed by atoms with E-state index in [2.05, 4.69) is 51.2 Å². The standard InChI is InChI=1S/C32H36N8O3/c1-4-28(41)34-22-9-8-10-24(19-22)40-29-11-6-5-7-14-39(29)31(42)25-21-33-32(36-30(25)40)35-26-13-12-23(20-27(26)43-3)38-17-15-37(2)16-18-38/h4,8-13,19-21H,1,5-7,14-18H2,2-3H3,(H,34,41)(H,33,35,36). The lowest BCUT2D eigenvalue weighted by molar-refractivity contribution is -0.111. The molecule has 2 N–H and O–H groups in total. The number of allylic oxidation sites excluding steroid dienone is 1. The number of amides is 2. The summed E-state index contributed by atoms with van der Waals surface area (Å²) in [5, 5.41) is 6.14. The van der Waals surface area contributed by atoms with E-state index in [1.807, 2.05) is 41.3 Å². The van der Waals surface area contributed by atoms with Crippen molar-refractivity contribution in [2.24, 2.45) is 0 Å². The predicted octanol–water partition coefficient (Wildman–Crippen LogP) is 4.72. The van der Waals surface area contributed by atoms with Gasteiger partial charge in [0.15, 0.2) is 5.82 Å². The molecule has 11 heteroatoms. The summed E-state index contributed by atoms with van der Waals surface area (Å²) in [7, 11) is 3.78. The Balaban J connectivity index is 1.37. The SMILES string of the molecule is C=CC(=O)Nc1cccc(N2C3=CCCCCN3C(=O)c3cnc(Nc4ccc(N5CCN(C)CC5)cc4OC)nc32)c1. The Kier molecular flexibility index (Phi) is 7.97. The van der Waals surface area contributed by atoms with E-state index < -0.39 is 0 Å². The second kappa shape index (κ2) is 12.1. The highest BCUT2D eigenvalue weighted by atomic mass is 16.5. The number of carbonyl (C=O) groups excluding carboxylic acids is 2. The van der Waals surface area contributed by atoms with Crippen LogP contribution < -0.4 is 25.2 Å². The van der Waals surface area contributed by atoms with Gasteiger partial charge >= 0.3 is 0 Å². The fraction of sp³-hybridized carbons (Fsp3) is 0.312. The molecule has 0 radical (unpaired) electrons. The minimum atomic E-state index is -0.303. The number of benzene rings is 2. The third-order valence-electron chi connectivity index (χ3n) is 7.98. The molecular weight excluding hydrogens is 544 g/mol. The van der Waals surface area contributed by atoms with Gasteiger partial charge in [-0.25, -0.2) is 4.98 Å². The molecule has 0 saturated carbocycles. The molecule has 3 aliphatic rings. The van der Waals surface area contributed by atoms with E-state index in [9.17, 15) is 9.59 Å². The van der Waals surface area contributed by atoms with Gasteiger partial charge in [-0.15, -0.1) is 0 Å². The fourth-order valence-corrected chi connectivity index (χ4v) is 5.63. The molecular formula is C32H36N8O3. The lowest BCUT2D eigenvalue weighted by atomic mass is 10.1. The summed E-state index contributed by atoms with van der Waals surface area (Å²) in [5.74, 6) is 1.79. The van der Waals surface area contributed by atoms with Crippen LogP contribution in [0.2, 0.25) is 0 Å². The summed E-state index contributed by atoms with van der Waals surface area (Å²) in [6, 6.07) is 13.5. The molecule has 11 nitrogen and oxygen atoms in total. The highest BCUT2D eigenvalue weighted by Gasteiger charge is 2.37. The molecule has 2 aromatic carbocycles. The Morgan fingerprint density at radius 2 is 1.88 bits per heavy atom. The van der Waals surface area contributed by atoms with Crippen LogP contribution in [-0.4, -0.2) is 78.5 Å². The molecule has 0 aliphatic carbocycles. The molecule has 3 aromatic rings. The zero-order valence-electron chi connectivity index (χ0n) is 24.5. The van der Waals surface area contributed by atoms with E-state index in [0.717, 1.165) is 68.3 Å². The first kappa shape index (κ1) is 28.2. The average molecular weight is 581 g/mol. The molecule has 0 spiro atoms. The molecule has 1 saturated heterocycles. The minimum Gasteiger partial charge on any atom is -0.494 e. The van der Waals surface area contributed by atoms with Crippen molar-refractivity contribution in [3.63, 3.8) is 0 Å². The van der Waals surface area contributed by atoms with Crippen LogP contribution in [0.3, 0.4) is 0 Å². The Morgan fingerprint density at radius 1 is 1.05 bits per heavy atom. The van der Waals surface area contributed by atoms with Gasteiger partial charge in [0, 0.05) is 56.4 Å². The monoisotopic (exact) mass is 580 g/mol. The molecule has 4 heterocycles. The smallest absolute Gasteiger partial charge is 0.264 e. The Morgan fingerprint density at radius 3 is 2.67 bits per heavy atom. The number of aromatic nitrogens is 2. The van der Waals surface area contributed by atoms with Crippen LogP contribution in [0, 0.1) is 0 Å². The molecule has 6 rings (SSSR count). The van der Waals surface area contributed by atoms with E-state index in [0.29, 0.717) is 35.3 Å². The van der Waals surface area contributed by atoms with Crippen LogP contribution in [0.1, 0.15) is 29.6 Å². The number of carbonyl (C=O) groups is 2. The van der Waals surface area contributed by atoms with Crippen molar-refractivity contribution >= 4 is 46.3 Å². The van der Waals surface area contributed by atoms with Crippen molar-refractivity contribution in [2.45, 2.75) is 19.3 Å². The van der Waals surface area contributed by atoms with Crippen molar-refractivity contribution in [2.75, 3.05) is 67.3 Å². The third-order valence-corrected chi connectivity index (χ3v) is 7.98. The maximum Gasteiger partial charge on any atom is 0.264 e. The van der Waals surface area contributed by atoms with Gasteiger partial charge in [-0.05, 0) is 68.8 Å². The minimum absolute atomic E-state index is 0.129. The number of hydrogen-bond acceptors (Lipinski definition) is 9. The number of rotatable bonds is 7. The fourth-order valence-electron chi connectivity index (χ4n) is 5.63. The molecule has 0 atom stereocenters. The highest BCUT2D eigenvalue weighted by Crippen LogP contribution is 2.41. The number of nitrogens with zero attached hydrogens (tertiary/aromatic N) is 6. The normalized spacial score (nSPS) is 16.9. The lowest BCUT2D eigenvalue weighted by Crippen LogP contribution is -2.44. The predicted molar refractivity (Wildman–Crippen MR) is 168 cm³/mol. The molecule has 1 aromatic heterocycles. The first-order valence-corrected chi connectivity index (χ1v) is 14.6. The van der Waals surface area contributed by atoms with Crippen LogP contribution in [0.4, 0.5) is 34.5 Å². The van der Waals surface area contributed by atoms with Gasteiger partial charge in [-0.3, -0.25) is 19.4 Å². The molecule has 3 aliphatic heterocycles. The van der Waals surface area contributed by atoms with Gasteiger partial charge in [-0.1, -0.05) is 12.6 Å². The second-order valence-electron chi connectivity index (χ2n) is 10.8.